The van der Waals surface area contributed by atoms with Crippen molar-refractivity contribution in [3.05, 3.63) is 112 Å². The number of aldehydes is 1. The lowest BCUT2D eigenvalue weighted by Gasteiger charge is -2.25. The number of carbonyl (C=O) groups excluding carboxylic acids is 1. The van der Waals surface area contributed by atoms with Gasteiger partial charge in [0.25, 0.3) is 0 Å². The number of nitrogens with zero attached hydrogens (tertiary/aromatic N) is 1. The molecule has 1 saturated carbocycles. The lowest BCUT2D eigenvalue weighted by Crippen LogP contribution is -2.14. The van der Waals surface area contributed by atoms with Gasteiger partial charge in [0.2, 0.25) is 0 Å². The molecule has 1 heterocycles. The van der Waals surface area contributed by atoms with Gasteiger partial charge in [-0.25, -0.2) is 4.98 Å². The minimum Gasteiger partial charge on any atom is -0.303 e. The molecular weight excluding hydrogens is 506 g/mol. The fourth-order valence-electron chi connectivity index (χ4n) is 5.52. The van der Waals surface area contributed by atoms with E-state index in [4.69, 9.17) is 4.98 Å². The summed E-state index contributed by atoms with van der Waals surface area (Å²) in [5, 5.41) is 1.55. The summed E-state index contributed by atoms with van der Waals surface area (Å²) in [5.74, 6) is 1.05. The molecule has 0 bridgehead atoms. The van der Waals surface area contributed by atoms with Crippen molar-refractivity contribution in [2.24, 2.45) is 5.41 Å². The van der Waals surface area contributed by atoms with Gasteiger partial charge in [0, 0.05) is 17.1 Å². The van der Waals surface area contributed by atoms with E-state index in [1.807, 2.05) is 11.8 Å². The molecule has 0 amide bonds. The van der Waals surface area contributed by atoms with Crippen molar-refractivity contribution < 1.29 is 4.79 Å². The van der Waals surface area contributed by atoms with Crippen molar-refractivity contribution in [3.63, 3.8) is 0 Å². The average molecular weight is 548 g/mol. The van der Waals surface area contributed by atoms with E-state index >= 15 is 0 Å². The highest BCUT2D eigenvalue weighted by atomic mass is 32.2. The van der Waals surface area contributed by atoms with E-state index in [2.05, 4.69) is 119 Å². The fraction of sp³-hybridized carbons (Fsp3) is 0.351. The summed E-state index contributed by atoms with van der Waals surface area (Å²) in [4.78, 5) is 16.2. The molecule has 0 saturated heterocycles. The molecule has 0 radical (unpaired) electrons. The van der Waals surface area contributed by atoms with Crippen molar-refractivity contribution in [1.82, 2.24) is 4.98 Å². The maximum atomic E-state index is 11.3. The minimum absolute atomic E-state index is 0.126. The maximum absolute atomic E-state index is 11.3. The molecule has 1 fully saturated rings. The molecule has 0 spiro atoms. The van der Waals surface area contributed by atoms with Gasteiger partial charge in [-0.1, -0.05) is 93.6 Å². The minimum atomic E-state index is 0.126. The van der Waals surface area contributed by atoms with E-state index in [-0.39, 0.29) is 10.8 Å². The average Bonchev–Trinajstić information content (AvgIpc) is 3.71. The first-order valence-corrected chi connectivity index (χ1v) is 15.6. The first-order chi connectivity index (χ1) is 19.2. The topological polar surface area (TPSA) is 30.0 Å². The lowest BCUT2D eigenvalue weighted by atomic mass is 9.82. The molecule has 1 aliphatic carbocycles. The van der Waals surface area contributed by atoms with E-state index in [1.54, 1.807) is 0 Å². The number of rotatable bonds is 11. The highest BCUT2D eigenvalue weighted by Gasteiger charge is 2.42. The largest absolute Gasteiger partial charge is 0.303 e. The van der Waals surface area contributed by atoms with Crippen LogP contribution in [0.15, 0.2) is 78.9 Å². The molecule has 40 heavy (non-hydrogen) atoms. The highest BCUT2D eigenvalue weighted by Crippen LogP contribution is 2.53. The van der Waals surface area contributed by atoms with Gasteiger partial charge >= 0.3 is 0 Å². The first-order valence-electron chi connectivity index (χ1n) is 14.5. The van der Waals surface area contributed by atoms with Gasteiger partial charge in [-0.2, -0.15) is 11.8 Å². The van der Waals surface area contributed by atoms with Crippen molar-refractivity contribution in [2.45, 2.75) is 70.5 Å². The zero-order chi connectivity index (χ0) is 28.2. The Morgan fingerprint density at radius 3 is 2.52 bits per heavy atom. The van der Waals surface area contributed by atoms with E-state index < -0.39 is 0 Å². The molecule has 1 aromatic heterocycles. The van der Waals surface area contributed by atoms with Crippen LogP contribution in [0, 0.1) is 12.3 Å². The molecule has 4 aromatic rings. The standard InChI is InChI=1S/C37H41NOS/c1-27-12-14-30-15-18-32(38-34(30)24-27)17-13-28-8-7-10-31(25-28)35(40-26-37(20-21-37)22-23-39)19-16-29-9-5-6-11-33(29)36(2,3)4/h5-15,17-18,23-25,35H,16,19-22,26H2,1-4H3/b17-13+/t35-/m1/s1. The van der Waals surface area contributed by atoms with Crippen LogP contribution in [0.2, 0.25) is 0 Å². The molecule has 0 unspecified atom stereocenters. The summed E-state index contributed by atoms with van der Waals surface area (Å²) < 4.78 is 0. The lowest BCUT2D eigenvalue weighted by molar-refractivity contribution is -0.108. The zero-order valence-electron chi connectivity index (χ0n) is 24.3. The van der Waals surface area contributed by atoms with Gasteiger partial charge in [0.1, 0.15) is 6.29 Å². The third kappa shape index (κ3) is 7.12. The number of carbonyl (C=O) groups is 1. The summed E-state index contributed by atoms with van der Waals surface area (Å²) in [6.07, 6.45) is 10.6. The third-order valence-corrected chi connectivity index (χ3v) is 9.85. The Morgan fingerprint density at radius 1 is 0.950 bits per heavy atom. The van der Waals surface area contributed by atoms with Gasteiger partial charge in [0.05, 0.1) is 11.2 Å². The quantitative estimate of drug-likeness (QED) is 0.175. The summed E-state index contributed by atoms with van der Waals surface area (Å²) in [6, 6.07) is 28.5. The Hall–Kier alpha value is -3.17. The number of benzene rings is 3. The van der Waals surface area contributed by atoms with Crippen LogP contribution in [0.5, 0.6) is 0 Å². The normalized spacial score (nSPS) is 15.4. The Morgan fingerprint density at radius 2 is 1.75 bits per heavy atom. The van der Waals surface area contributed by atoms with Crippen LogP contribution in [-0.4, -0.2) is 17.0 Å². The van der Waals surface area contributed by atoms with E-state index in [0.29, 0.717) is 11.7 Å². The van der Waals surface area contributed by atoms with Crippen LogP contribution in [0.4, 0.5) is 0 Å². The van der Waals surface area contributed by atoms with Crippen LogP contribution >= 0.6 is 11.8 Å². The number of thioether (sulfide) groups is 1. The van der Waals surface area contributed by atoms with Crippen molar-refractivity contribution in [3.8, 4) is 0 Å². The second-order valence-corrected chi connectivity index (χ2v) is 13.7. The molecule has 3 heteroatoms. The SMILES string of the molecule is Cc1ccc2ccc(/C=C/c3cccc([C@@H](CCc4ccccc4C(C)(C)C)SCC4(CC=O)CC4)c3)nc2c1. The molecule has 0 aliphatic heterocycles. The van der Waals surface area contributed by atoms with Crippen LogP contribution in [0.25, 0.3) is 23.1 Å². The summed E-state index contributed by atoms with van der Waals surface area (Å²) in [7, 11) is 0. The van der Waals surface area contributed by atoms with Gasteiger partial charge in [-0.3, -0.25) is 0 Å². The molecule has 1 atom stereocenters. The van der Waals surface area contributed by atoms with Gasteiger partial charge in [-0.15, -0.1) is 0 Å². The monoisotopic (exact) mass is 547 g/mol. The van der Waals surface area contributed by atoms with Crippen molar-refractivity contribution >= 4 is 41.1 Å². The van der Waals surface area contributed by atoms with Gasteiger partial charge in [0.15, 0.2) is 0 Å². The predicted octanol–water partition coefficient (Wildman–Crippen LogP) is 9.79. The van der Waals surface area contributed by atoms with Crippen LogP contribution in [0.1, 0.15) is 85.2 Å². The Bertz CT molecular complexity index is 1510. The second-order valence-electron chi connectivity index (χ2n) is 12.6. The molecule has 3 aromatic carbocycles. The van der Waals surface area contributed by atoms with Crippen molar-refractivity contribution in [2.75, 3.05) is 5.75 Å². The fourth-order valence-corrected chi connectivity index (χ4v) is 7.11. The van der Waals surface area contributed by atoms with Crippen LogP contribution in [0.3, 0.4) is 0 Å². The number of aromatic nitrogens is 1. The number of hydrogen-bond acceptors (Lipinski definition) is 3. The van der Waals surface area contributed by atoms with Crippen molar-refractivity contribution in [1.29, 1.82) is 0 Å². The highest BCUT2D eigenvalue weighted by molar-refractivity contribution is 7.99. The maximum Gasteiger partial charge on any atom is 0.120 e. The smallest absolute Gasteiger partial charge is 0.120 e. The van der Waals surface area contributed by atoms with E-state index in [1.165, 1.54) is 46.0 Å². The molecule has 5 rings (SSSR count). The molecular formula is C37H41NOS. The molecule has 1 aliphatic rings. The summed E-state index contributed by atoms with van der Waals surface area (Å²) >= 11 is 2.05. The molecule has 0 N–H and O–H groups in total. The molecule has 206 valence electrons. The first kappa shape index (κ1) is 28.4. The predicted molar refractivity (Wildman–Crippen MR) is 173 cm³/mol. The Balaban J connectivity index is 1.37. The Kier molecular flexibility index (Phi) is 8.61. The van der Waals surface area contributed by atoms with Gasteiger partial charge < -0.3 is 4.79 Å². The zero-order valence-corrected chi connectivity index (χ0v) is 25.1. The number of aryl methyl sites for hydroxylation is 2. The second kappa shape index (κ2) is 12.1. The summed E-state index contributed by atoms with van der Waals surface area (Å²) in [5.41, 5.74) is 9.03. The van der Waals surface area contributed by atoms with Crippen LogP contribution in [-0.2, 0) is 16.6 Å². The van der Waals surface area contributed by atoms with Gasteiger partial charge in [-0.05, 0) is 95.2 Å². The summed E-state index contributed by atoms with van der Waals surface area (Å²) in [6.45, 7) is 9.01. The third-order valence-electron chi connectivity index (χ3n) is 8.16. The number of pyridine rings is 1. The van der Waals surface area contributed by atoms with E-state index in [0.717, 1.165) is 36.1 Å². The van der Waals surface area contributed by atoms with E-state index in [9.17, 15) is 4.79 Å². The van der Waals surface area contributed by atoms with Crippen LogP contribution < -0.4 is 0 Å². The molecule has 2 nitrogen and oxygen atoms in total. The number of fused-ring (bicyclic) bond motifs is 1. The Labute approximate surface area is 244 Å². The number of hydrogen-bond donors (Lipinski definition) is 0.